The number of esters is 1. The summed E-state index contributed by atoms with van der Waals surface area (Å²) in [4.78, 5) is 24.1. The maximum absolute atomic E-state index is 12.0. The maximum Gasteiger partial charge on any atom is 0.316 e. The van der Waals surface area contributed by atoms with Crippen molar-refractivity contribution in [1.82, 2.24) is 20.1 Å². The fourth-order valence-corrected chi connectivity index (χ4v) is 4.14. The van der Waals surface area contributed by atoms with Crippen molar-refractivity contribution >= 4 is 23.6 Å². The summed E-state index contributed by atoms with van der Waals surface area (Å²) in [6.07, 6.45) is 3.09. The highest BCUT2D eigenvalue weighted by molar-refractivity contribution is 7.99. The van der Waals surface area contributed by atoms with E-state index in [1.165, 1.54) is 11.8 Å². The van der Waals surface area contributed by atoms with Gasteiger partial charge in [-0.25, -0.2) is 0 Å². The van der Waals surface area contributed by atoms with Crippen LogP contribution < -0.4 is 5.32 Å². The minimum Gasteiger partial charge on any atom is -0.455 e. The number of carbonyl (C=O) groups is 2. The van der Waals surface area contributed by atoms with Gasteiger partial charge in [0.1, 0.15) is 5.54 Å². The molecular weight excluding hydrogens is 390 g/mol. The molecule has 1 N–H and O–H groups in total. The van der Waals surface area contributed by atoms with E-state index in [9.17, 15) is 14.9 Å². The first-order valence-electron chi connectivity index (χ1n) is 9.56. The Balaban J connectivity index is 1.50. The Morgan fingerprint density at radius 3 is 2.66 bits per heavy atom. The molecule has 0 aliphatic heterocycles. The largest absolute Gasteiger partial charge is 0.455 e. The number of thioether (sulfide) groups is 1. The minimum atomic E-state index is -0.816. The van der Waals surface area contributed by atoms with Crippen molar-refractivity contribution in [2.24, 2.45) is 0 Å². The predicted molar refractivity (Wildman–Crippen MR) is 108 cm³/mol. The average molecular weight is 414 g/mol. The Kier molecular flexibility index (Phi) is 6.88. The molecule has 1 amide bonds. The molecular formula is C20H23N5O3S. The summed E-state index contributed by atoms with van der Waals surface area (Å²) in [5, 5.41) is 21.0. The molecule has 3 rings (SSSR count). The molecule has 0 bridgehead atoms. The van der Waals surface area contributed by atoms with Gasteiger partial charge in [0.25, 0.3) is 5.91 Å². The van der Waals surface area contributed by atoms with Crippen LogP contribution in [0.5, 0.6) is 0 Å². The van der Waals surface area contributed by atoms with Gasteiger partial charge in [0, 0.05) is 12.1 Å². The van der Waals surface area contributed by atoms with Gasteiger partial charge in [-0.2, -0.15) is 5.26 Å². The third-order valence-electron chi connectivity index (χ3n) is 4.80. The Morgan fingerprint density at radius 2 is 2.00 bits per heavy atom. The highest BCUT2D eigenvalue weighted by Crippen LogP contribution is 2.28. The summed E-state index contributed by atoms with van der Waals surface area (Å²) in [7, 11) is 0. The standard InChI is InChI=1S/C20H23N5O3S/c1-2-25-18(15-8-4-3-5-9-15)23-24-19(25)29-13-17(27)28-12-16(26)22-20(14-21)10-6-7-11-20/h3-5,8-9H,2,6-7,10-13H2,1H3,(H,22,26). The number of nitriles is 1. The number of hydrogen-bond acceptors (Lipinski definition) is 7. The molecule has 1 fully saturated rings. The van der Waals surface area contributed by atoms with Crippen molar-refractivity contribution in [3.63, 3.8) is 0 Å². The third kappa shape index (κ3) is 5.15. The number of aromatic nitrogens is 3. The minimum absolute atomic E-state index is 0.0175. The van der Waals surface area contributed by atoms with Crippen molar-refractivity contribution in [2.45, 2.75) is 49.8 Å². The summed E-state index contributed by atoms with van der Waals surface area (Å²) < 4.78 is 6.98. The van der Waals surface area contributed by atoms with Gasteiger partial charge in [-0.15, -0.1) is 10.2 Å². The summed E-state index contributed by atoms with van der Waals surface area (Å²) >= 11 is 1.21. The molecule has 1 aromatic heterocycles. The van der Waals surface area contributed by atoms with Gasteiger partial charge in [0.15, 0.2) is 17.6 Å². The number of nitrogens with zero attached hydrogens (tertiary/aromatic N) is 4. The zero-order valence-electron chi connectivity index (χ0n) is 16.3. The van der Waals surface area contributed by atoms with Gasteiger partial charge in [-0.1, -0.05) is 42.1 Å². The molecule has 8 nitrogen and oxygen atoms in total. The molecule has 1 saturated carbocycles. The molecule has 1 heterocycles. The van der Waals surface area contributed by atoms with E-state index in [2.05, 4.69) is 21.6 Å². The molecule has 9 heteroatoms. The van der Waals surface area contributed by atoms with E-state index in [4.69, 9.17) is 4.74 Å². The van der Waals surface area contributed by atoms with Gasteiger partial charge < -0.3 is 14.6 Å². The van der Waals surface area contributed by atoms with E-state index >= 15 is 0 Å². The molecule has 1 aliphatic carbocycles. The van der Waals surface area contributed by atoms with Crippen LogP contribution >= 0.6 is 11.8 Å². The predicted octanol–water partition coefficient (Wildman–Crippen LogP) is 2.55. The molecule has 0 saturated heterocycles. The van der Waals surface area contributed by atoms with Crippen LogP contribution in [-0.4, -0.2) is 44.5 Å². The Hall–Kier alpha value is -2.86. The van der Waals surface area contributed by atoms with Crippen molar-refractivity contribution in [3.05, 3.63) is 30.3 Å². The van der Waals surface area contributed by atoms with Gasteiger partial charge in [-0.3, -0.25) is 9.59 Å². The Bertz CT molecular complexity index is 901. The number of hydrogen-bond donors (Lipinski definition) is 1. The van der Waals surface area contributed by atoms with Crippen LogP contribution in [0.1, 0.15) is 32.6 Å². The van der Waals surface area contributed by atoms with Gasteiger partial charge >= 0.3 is 5.97 Å². The van der Waals surface area contributed by atoms with E-state index in [0.29, 0.717) is 24.5 Å². The quantitative estimate of drug-likeness (QED) is 0.523. The SMILES string of the molecule is CCn1c(SCC(=O)OCC(=O)NC2(C#N)CCCC2)nnc1-c1ccccc1. The fraction of sp³-hybridized carbons (Fsp3) is 0.450. The molecule has 1 aromatic carbocycles. The Morgan fingerprint density at radius 1 is 1.28 bits per heavy atom. The van der Waals surface area contributed by atoms with Crippen molar-refractivity contribution in [2.75, 3.05) is 12.4 Å². The first-order chi connectivity index (χ1) is 14.1. The lowest BCUT2D eigenvalue weighted by molar-refractivity contribution is -0.146. The van der Waals surface area contributed by atoms with Crippen LogP contribution in [-0.2, 0) is 20.9 Å². The van der Waals surface area contributed by atoms with E-state index in [1.54, 1.807) is 0 Å². The summed E-state index contributed by atoms with van der Waals surface area (Å²) in [5.41, 5.74) is 0.134. The number of carbonyl (C=O) groups excluding carboxylic acids is 2. The number of nitrogens with one attached hydrogen (secondary N) is 1. The van der Waals surface area contributed by atoms with Crippen LogP contribution in [0.3, 0.4) is 0 Å². The van der Waals surface area contributed by atoms with Crippen LogP contribution in [0.2, 0.25) is 0 Å². The summed E-state index contributed by atoms with van der Waals surface area (Å²) in [6.45, 7) is 2.25. The zero-order valence-corrected chi connectivity index (χ0v) is 17.1. The summed E-state index contributed by atoms with van der Waals surface area (Å²) in [6, 6.07) is 11.9. The fourth-order valence-electron chi connectivity index (χ4n) is 3.34. The maximum atomic E-state index is 12.0. The number of amides is 1. The smallest absolute Gasteiger partial charge is 0.316 e. The topological polar surface area (TPSA) is 110 Å². The molecule has 152 valence electrons. The van der Waals surface area contributed by atoms with E-state index < -0.39 is 24.0 Å². The molecule has 0 atom stereocenters. The first-order valence-corrected chi connectivity index (χ1v) is 10.5. The van der Waals surface area contributed by atoms with E-state index in [1.807, 2.05) is 41.8 Å². The number of rotatable bonds is 8. The highest BCUT2D eigenvalue weighted by atomic mass is 32.2. The lowest BCUT2D eigenvalue weighted by Crippen LogP contribution is -2.46. The summed E-state index contributed by atoms with van der Waals surface area (Å²) in [5.74, 6) is -0.213. The van der Waals surface area contributed by atoms with Gasteiger partial charge in [0.05, 0.1) is 11.8 Å². The molecule has 0 unspecified atom stereocenters. The number of benzene rings is 1. The van der Waals surface area contributed by atoms with Gasteiger partial charge in [-0.05, 0) is 32.6 Å². The second kappa shape index (κ2) is 9.56. The Labute approximate surface area is 173 Å². The van der Waals surface area contributed by atoms with Crippen molar-refractivity contribution in [1.29, 1.82) is 5.26 Å². The lowest BCUT2D eigenvalue weighted by Gasteiger charge is -2.21. The molecule has 0 radical (unpaired) electrons. The average Bonchev–Trinajstić information content (AvgIpc) is 3.38. The molecule has 1 aliphatic rings. The van der Waals surface area contributed by atoms with Crippen LogP contribution in [0, 0.1) is 11.3 Å². The van der Waals surface area contributed by atoms with Crippen molar-refractivity contribution < 1.29 is 14.3 Å². The van der Waals surface area contributed by atoms with Gasteiger partial charge in [0.2, 0.25) is 0 Å². The van der Waals surface area contributed by atoms with Crippen LogP contribution in [0.25, 0.3) is 11.4 Å². The van der Waals surface area contributed by atoms with Crippen molar-refractivity contribution in [3.8, 4) is 17.5 Å². The molecule has 0 spiro atoms. The zero-order chi connectivity index (χ0) is 20.7. The highest BCUT2D eigenvalue weighted by Gasteiger charge is 2.35. The normalized spacial score (nSPS) is 14.9. The molecule has 2 aromatic rings. The number of ether oxygens (including phenoxy) is 1. The third-order valence-corrected chi connectivity index (χ3v) is 5.74. The lowest BCUT2D eigenvalue weighted by atomic mass is 10.00. The first kappa shape index (κ1) is 20.9. The monoisotopic (exact) mass is 413 g/mol. The van der Waals surface area contributed by atoms with E-state index in [-0.39, 0.29) is 5.75 Å². The molecule has 29 heavy (non-hydrogen) atoms. The second-order valence-electron chi connectivity index (χ2n) is 6.82. The van der Waals surface area contributed by atoms with Crippen LogP contribution in [0.15, 0.2) is 35.5 Å². The van der Waals surface area contributed by atoms with E-state index in [0.717, 1.165) is 24.2 Å². The van der Waals surface area contributed by atoms with Crippen LogP contribution in [0.4, 0.5) is 0 Å². The second-order valence-corrected chi connectivity index (χ2v) is 7.76.